The second-order valence-corrected chi connectivity index (χ2v) is 4.75. The molecule has 0 unspecified atom stereocenters. The molecular weight excluding hydrogens is 258 g/mol. The molecule has 1 aromatic heterocycles. The Labute approximate surface area is 108 Å². The van der Waals surface area contributed by atoms with E-state index < -0.39 is 0 Å². The first-order chi connectivity index (χ1) is 8.19. The van der Waals surface area contributed by atoms with Crippen LogP contribution in [0.15, 0.2) is 35.3 Å². The third-order valence-electron chi connectivity index (χ3n) is 2.09. The first kappa shape index (κ1) is 12.0. The van der Waals surface area contributed by atoms with Crippen molar-refractivity contribution in [1.82, 2.24) is 0 Å². The lowest BCUT2D eigenvalue weighted by molar-refractivity contribution is 0.412. The van der Waals surface area contributed by atoms with Crippen molar-refractivity contribution in [2.24, 2.45) is 4.99 Å². The predicted octanol–water partition coefficient (Wildman–Crippen LogP) is 3.87. The Balaban J connectivity index is 2.22. The van der Waals surface area contributed by atoms with Crippen molar-refractivity contribution in [3.05, 3.63) is 40.2 Å². The maximum atomic E-state index is 9.36. The fourth-order valence-corrected chi connectivity index (χ4v) is 2.15. The van der Waals surface area contributed by atoms with E-state index in [4.69, 9.17) is 16.3 Å². The van der Waals surface area contributed by atoms with E-state index in [0.717, 1.165) is 10.6 Å². The number of methoxy groups -OCH3 is 1. The van der Waals surface area contributed by atoms with E-state index in [2.05, 4.69) is 4.99 Å². The average molecular weight is 268 g/mol. The smallest absolute Gasteiger partial charge is 0.175 e. The molecular formula is C12H10ClNO2S. The Bertz CT molecular complexity index is 534. The summed E-state index contributed by atoms with van der Waals surface area (Å²) in [7, 11) is 1.56. The van der Waals surface area contributed by atoms with Crippen molar-refractivity contribution in [1.29, 1.82) is 0 Å². The fourth-order valence-electron chi connectivity index (χ4n) is 1.29. The van der Waals surface area contributed by atoms with Gasteiger partial charge < -0.3 is 9.84 Å². The molecule has 88 valence electrons. The summed E-state index contributed by atoms with van der Waals surface area (Å²) in [5, 5.41) is 10.2. The highest BCUT2D eigenvalue weighted by atomic mass is 35.5. The molecule has 0 aliphatic rings. The second kappa shape index (κ2) is 5.21. The lowest BCUT2D eigenvalue weighted by Gasteiger charge is -1.96. The van der Waals surface area contributed by atoms with Crippen LogP contribution in [-0.2, 0) is 0 Å². The van der Waals surface area contributed by atoms with Gasteiger partial charge in [-0.2, -0.15) is 0 Å². The van der Waals surface area contributed by atoms with Gasteiger partial charge in [-0.05, 0) is 24.3 Å². The van der Waals surface area contributed by atoms with Crippen LogP contribution in [-0.4, -0.2) is 18.4 Å². The molecule has 0 amide bonds. The van der Waals surface area contributed by atoms with Crippen molar-refractivity contribution >= 4 is 34.8 Å². The molecule has 0 saturated carbocycles. The van der Waals surface area contributed by atoms with Gasteiger partial charge in [-0.15, -0.1) is 0 Å². The molecule has 0 spiro atoms. The summed E-state index contributed by atoms with van der Waals surface area (Å²) < 4.78 is 5.11. The number of hydrogen-bond acceptors (Lipinski definition) is 4. The lowest BCUT2D eigenvalue weighted by atomic mass is 10.3. The highest BCUT2D eigenvalue weighted by Gasteiger charge is 2.06. The zero-order valence-electron chi connectivity index (χ0n) is 9.05. The second-order valence-electron chi connectivity index (χ2n) is 3.25. The molecule has 2 aromatic rings. The summed E-state index contributed by atoms with van der Waals surface area (Å²) >= 11 is 6.99. The number of halogens is 1. The Morgan fingerprint density at radius 3 is 2.71 bits per heavy atom. The molecule has 1 N–H and O–H groups in total. The van der Waals surface area contributed by atoms with Crippen LogP contribution in [0.5, 0.6) is 10.8 Å². The number of benzene rings is 1. The Kier molecular flexibility index (Phi) is 3.66. The average Bonchev–Trinajstić information content (AvgIpc) is 2.69. The van der Waals surface area contributed by atoms with Crippen LogP contribution in [0.4, 0.5) is 5.69 Å². The molecule has 0 atom stereocenters. The van der Waals surface area contributed by atoms with E-state index in [9.17, 15) is 5.11 Å². The van der Waals surface area contributed by atoms with Gasteiger partial charge in [0.2, 0.25) is 0 Å². The normalized spacial score (nSPS) is 10.9. The van der Waals surface area contributed by atoms with Crippen molar-refractivity contribution in [2.75, 3.05) is 7.11 Å². The molecule has 0 bridgehead atoms. The molecule has 0 saturated heterocycles. The SMILES string of the molecule is COc1cc(O)sc1C=Nc1ccc(Cl)cc1. The topological polar surface area (TPSA) is 41.8 Å². The van der Waals surface area contributed by atoms with E-state index in [1.807, 2.05) is 12.1 Å². The summed E-state index contributed by atoms with van der Waals surface area (Å²) in [4.78, 5) is 5.05. The molecule has 0 aliphatic carbocycles. The van der Waals surface area contributed by atoms with Crippen LogP contribution in [0.3, 0.4) is 0 Å². The summed E-state index contributed by atoms with van der Waals surface area (Å²) in [6, 6.07) is 8.75. The Morgan fingerprint density at radius 1 is 1.35 bits per heavy atom. The van der Waals surface area contributed by atoms with E-state index in [0.29, 0.717) is 10.8 Å². The van der Waals surface area contributed by atoms with Crippen LogP contribution < -0.4 is 4.74 Å². The van der Waals surface area contributed by atoms with Gasteiger partial charge in [0.25, 0.3) is 0 Å². The van der Waals surface area contributed by atoms with Gasteiger partial charge in [-0.3, -0.25) is 4.99 Å². The largest absolute Gasteiger partial charge is 0.499 e. The molecule has 5 heteroatoms. The number of rotatable bonds is 3. The fraction of sp³-hybridized carbons (Fsp3) is 0.0833. The first-order valence-corrected chi connectivity index (χ1v) is 6.05. The zero-order valence-corrected chi connectivity index (χ0v) is 10.6. The molecule has 0 radical (unpaired) electrons. The van der Waals surface area contributed by atoms with E-state index in [1.165, 1.54) is 11.3 Å². The van der Waals surface area contributed by atoms with Gasteiger partial charge in [-0.25, -0.2) is 0 Å². The van der Waals surface area contributed by atoms with Gasteiger partial charge in [0.05, 0.1) is 17.7 Å². The number of thiophene rings is 1. The minimum Gasteiger partial charge on any atom is -0.499 e. The third kappa shape index (κ3) is 2.99. The van der Waals surface area contributed by atoms with Crippen LogP contribution in [0.25, 0.3) is 0 Å². The maximum Gasteiger partial charge on any atom is 0.175 e. The number of aliphatic imine (C=N–C) groups is 1. The summed E-state index contributed by atoms with van der Waals surface area (Å²) in [6.45, 7) is 0. The first-order valence-electron chi connectivity index (χ1n) is 4.85. The lowest BCUT2D eigenvalue weighted by Crippen LogP contribution is -1.83. The maximum absolute atomic E-state index is 9.36. The third-order valence-corrected chi connectivity index (χ3v) is 3.19. The quantitative estimate of drug-likeness (QED) is 0.858. The zero-order chi connectivity index (χ0) is 12.3. The Morgan fingerprint density at radius 2 is 2.06 bits per heavy atom. The molecule has 3 nitrogen and oxygen atoms in total. The molecule has 2 rings (SSSR count). The minimum absolute atomic E-state index is 0.208. The van der Waals surface area contributed by atoms with Gasteiger partial charge in [0.1, 0.15) is 5.75 Å². The van der Waals surface area contributed by atoms with Crippen molar-refractivity contribution < 1.29 is 9.84 Å². The van der Waals surface area contributed by atoms with Crippen molar-refractivity contribution in [3.63, 3.8) is 0 Å². The minimum atomic E-state index is 0.208. The number of nitrogens with zero attached hydrogens (tertiary/aromatic N) is 1. The summed E-state index contributed by atoms with van der Waals surface area (Å²) in [5.74, 6) is 0.616. The number of hydrogen-bond donors (Lipinski definition) is 1. The van der Waals surface area contributed by atoms with Gasteiger partial charge >= 0.3 is 0 Å². The van der Waals surface area contributed by atoms with E-state index in [-0.39, 0.29) is 5.06 Å². The Hall–Kier alpha value is -1.52. The number of ether oxygens (including phenoxy) is 1. The molecule has 0 aliphatic heterocycles. The van der Waals surface area contributed by atoms with Crippen LogP contribution in [0.2, 0.25) is 5.02 Å². The highest BCUT2D eigenvalue weighted by molar-refractivity contribution is 7.15. The predicted molar refractivity (Wildman–Crippen MR) is 71.2 cm³/mol. The highest BCUT2D eigenvalue weighted by Crippen LogP contribution is 2.32. The van der Waals surface area contributed by atoms with Gasteiger partial charge in [0, 0.05) is 17.3 Å². The van der Waals surface area contributed by atoms with Crippen LogP contribution >= 0.6 is 22.9 Å². The summed E-state index contributed by atoms with van der Waals surface area (Å²) in [6.07, 6.45) is 1.66. The van der Waals surface area contributed by atoms with E-state index >= 15 is 0 Å². The number of aromatic hydroxyl groups is 1. The van der Waals surface area contributed by atoms with Crippen molar-refractivity contribution in [3.8, 4) is 10.8 Å². The molecule has 1 heterocycles. The van der Waals surface area contributed by atoms with E-state index in [1.54, 1.807) is 31.5 Å². The molecule has 1 aromatic carbocycles. The molecule has 17 heavy (non-hydrogen) atoms. The summed E-state index contributed by atoms with van der Waals surface area (Å²) in [5.41, 5.74) is 0.796. The van der Waals surface area contributed by atoms with Gasteiger partial charge in [-0.1, -0.05) is 22.9 Å². The molecule has 0 fully saturated rings. The standard InChI is InChI=1S/C12H10ClNO2S/c1-16-10-6-12(15)17-11(10)7-14-9-4-2-8(13)3-5-9/h2-7,15H,1H3. The van der Waals surface area contributed by atoms with Gasteiger partial charge in [0.15, 0.2) is 5.06 Å². The van der Waals surface area contributed by atoms with Crippen LogP contribution in [0, 0.1) is 0 Å². The monoisotopic (exact) mass is 267 g/mol. The van der Waals surface area contributed by atoms with Crippen molar-refractivity contribution in [2.45, 2.75) is 0 Å². The van der Waals surface area contributed by atoms with Crippen LogP contribution in [0.1, 0.15) is 4.88 Å².